The molecule has 0 spiro atoms. The van der Waals surface area contributed by atoms with Crippen LogP contribution in [0.1, 0.15) is 17.5 Å². The van der Waals surface area contributed by atoms with Crippen molar-refractivity contribution in [3.8, 4) is 5.75 Å². The van der Waals surface area contributed by atoms with Gasteiger partial charge in [-0.3, -0.25) is 9.59 Å². The number of likely N-dealkylation sites (N-methyl/N-ethyl adjacent to an activating group) is 1. The lowest BCUT2D eigenvalue weighted by molar-refractivity contribution is -0.119. The first-order valence-corrected chi connectivity index (χ1v) is 16.7. The van der Waals surface area contributed by atoms with E-state index in [1.807, 2.05) is 27.1 Å². The zero-order valence-electron chi connectivity index (χ0n) is 26.7. The number of hydrogen-bond donors (Lipinski definition) is 1. The Balaban J connectivity index is 1.48. The molecule has 14 heteroatoms. The van der Waals surface area contributed by atoms with Crippen LogP contribution in [-0.2, 0) is 21.2 Å². The standard InChI is InChI=1S/C34H32FN7O5S/c1-20-10-12-22(13-11-20)48(45,46)41-16-14-23-31(41)38-34(42-32(23)36-25-9-5-8-24(35)30(25)33(42)44)37-26-18-27-21(17-28(26)47-4)7-6-15-40(27)29(43)19-39(2)3/h5,8-14,16-18H,6-7,15,19H2,1-4H3,(H,37,38). The predicted molar refractivity (Wildman–Crippen MR) is 181 cm³/mol. The van der Waals surface area contributed by atoms with Gasteiger partial charge in [-0.1, -0.05) is 23.8 Å². The topological polar surface area (TPSA) is 131 Å². The maximum atomic E-state index is 15.1. The molecule has 1 aliphatic heterocycles. The molecule has 246 valence electrons. The van der Waals surface area contributed by atoms with Crippen LogP contribution in [0.5, 0.6) is 5.75 Å². The van der Waals surface area contributed by atoms with E-state index in [9.17, 15) is 18.0 Å². The molecule has 0 unspecified atom stereocenters. The van der Waals surface area contributed by atoms with Gasteiger partial charge >= 0.3 is 0 Å². The van der Waals surface area contributed by atoms with E-state index >= 15 is 4.39 Å². The molecule has 1 N–H and O–H groups in total. The zero-order valence-corrected chi connectivity index (χ0v) is 27.5. The maximum Gasteiger partial charge on any atom is 0.271 e. The molecule has 4 heterocycles. The number of aromatic nitrogens is 4. The summed E-state index contributed by atoms with van der Waals surface area (Å²) in [7, 11) is 1.01. The first-order valence-electron chi connectivity index (χ1n) is 15.2. The number of benzene rings is 3. The van der Waals surface area contributed by atoms with Crippen LogP contribution in [-0.4, -0.2) is 71.9 Å². The predicted octanol–water partition coefficient (Wildman–Crippen LogP) is 4.47. The van der Waals surface area contributed by atoms with E-state index in [4.69, 9.17) is 4.74 Å². The number of halogens is 1. The van der Waals surface area contributed by atoms with Crippen LogP contribution in [0.3, 0.4) is 0 Å². The van der Waals surface area contributed by atoms with Crippen LogP contribution in [0, 0.1) is 12.7 Å². The van der Waals surface area contributed by atoms with Gasteiger partial charge in [-0.15, -0.1) is 0 Å². The number of carbonyl (C=O) groups is 1. The summed E-state index contributed by atoms with van der Waals surface area (Å²) in [6.07, 6.45) is 2.85. The largest absolute Gasteiger partial charge is 0.495 e. The highest BCUT2D eigenvalue weighted by Crippen LogP contribution is 2.38. The fourth-order valence-corrected chi connectivity index (χ4v) is 7.42. The van der Waals surface area contributed by atoms with E-state index in [-0.39, 0.29) is 50.9 Å². The van der Waals surface area contributed by atoms with Gasteiger partial charge in [0.1, 0.15) is 17.0 Å². The van der Waals surface area contributed by atoms with Gasteiger partial charge in [0.25, 0.3) is 15.6 Å². The highest BCUT2D eigenvalue weighted by molar-refractivity contribution is 7.90. The molecule has 0 atom stereocenters. The van der Waals surface area contributed by atoms with Gasteiger partial charge in [-0.05, 0) is 81.9 Å². The van der Waals surface area contributed by atoms with Gasteiger partial charge in [0.2, 0.25) is 11.9 Å². The van der Waals surface area contributed by atoms with Gasteiger partial charge in [0.05, 0.1) is 35.1 Å². The van der Waals surface area contributed by atoms with Gasteiger partial charge in [-0.25, -0.2) is 26.2 Å². The number of nitrogens with zero attached hydrogens (tertiary/aromatic N) is 6. The molecular weight excluding hydrogens is 637 g/mol. The number of methoxy groups -OCH3 is 1. The second kappa shape index (κ2) is 11.7. The van der Waals surface area contributed by atoms with Crippen molar-refractivity contribution in [2.24, 2.45) is 0 Å². The average Bonchev–Trinajstić information content (AvgIpc) is 3.49. The lowest BCUT2D eigenvalue weighted by atomic mass is 10.00. The Bertz CT molecular complexity index is 2440. The number of rotatable bonds is 7. The minimum absolute atomic E-state index is 0.000409. The fourth-order valence-electron chi connectivity index (χ4n) is 6.12. The monoisotopic (exact) mass is 669 g/mol. The smallest absolute Gasteiger partial charge is 0.271 e. The third-order valence-corrected chi connectivity index (χ3v) is 10.1. The highest BCUT2D eigenvalue weighted by atomic mass is 32.2. The number of fused-ring (bicyclic) bond motifs is 5. The normalized spacial score (nSPS) is 13.4. The molecule has 48 heavy (non-hydrogen) atoms. The summed E-state index contributed by atoms with van der Waals surface area (Å²) in [4.78, 5) is 40.1. The zero-order chi connectivity index (χ0) is 33.9. The first kappa shape index (κ1) is 31.3. The van der Waals surface area contributed by atoms with Gasteiger partial charge in [0, 0.05) is 18.4 Å². The lowest BCUT2D eigenvalue weighted by Gasteiger charge is -2.31. The molecule has 1 amide bonds. The minimum Gasteiger partial charge on any atom is -0.495 e. The van der Waals surface area contributed by atoms with E-state index in [1.54, 1.807) is 28.0 Å². The number of aryl methyl sites for hydroxylation is 2. The van der Waals surface area contributed by atoms with Crippen LogP contribution in [0.2, 0.25) is 0 Å². The van der Waals surface area contributed by atoms with E-state index in [2.05, 4.69) is 15.3 Å². The number of hydrogen-bond acceptors (Lipinski definition) is 9. The Morgan fingerprint density at radius 1 is 1.06 bits per heavy atom. The SMILES string of the molecule is COc1cc2c(cc1Nc1nc3c(ccn3S(=O)(=O)c3ccc(C)cc3)c3nc4cccc(F)c4c(=O)n13)N(C(=O)CN(C)C)CCC2. The molecule has 0 bridgehead atoms. The average molecular weight is 670 g/mol. The third-order valence-electron chi connectivity index (χ3n) is 8.43. The summed E-state index contributed by atoms with van der Waals surface area (Å²) in [5.74, 6) is -0.560. The fraction of sp³-hybridized carbons (Fsp3) is 0.235. The Labute approximate surface area is 275 Å². The molecule has 0 saturated carbocycles. The molecule has 0 fully saturated rings. The van der Waals surface area contributed by atoms with Crippen molar-refractivity contribution in [1.29, 1.82) is 0 Å². The Morgan fingerprint density at radius 2 is 1.83 bits per heavy atom. The van der Waals surface area contributed by atoms with Crippen LogP contribution in [0.4, 0.5) is 21.7 Å². The van der Waals surface area contributed by atoms with Crippen LogP contribution < -0.4 is 20.5 Å². The number of anilines is 3. The number of nitrogens with one attached hydrogen (secondary N) is 1. The summed E-state index contributed by atoms with van der Waals surface area (Å²) in [5, 5.41) is 3.17. The maximum absolute atomic E-state index is 15.1. The van der Waals surface area contributed by atoms with Gasteiger partial charge < -0.3 is 19.9 Å². The quantitative estimate of drug-likeness (QED) is 0.245. The van der Waals surface area contributed by atoms with E-state index in [0.29, 0.717) is 23.7 Å². The van der Waals surface area contributed by atoms with Crippen LogP contribution in [0.25, 0.3) is 27.6 Å². The van der Waals surface area contributed by atoms with Crippen molar-refractivity contribution in [3.63, 3.8) is 0 Å². The van der Waals surface area contributed by atoms with E-state index < -0.39 is 21.4 Å². The molecule has 3 aromatic carbocycles. The summed E-state index contributed by atoms with van der Waals surface area (Å²) in [6.45, 7) is 2.59. The van der Waals surface area contributed by atoms with Gasteiger partial charge in [0.15, 0.2) is 11.3 Å². The lowest BCUT2D eigenvalue weighted by Crippen LogP contribution is -2.40. The Morgan fingerprint density at radius 3 is 2.56 bits per heavy atom. The molecule has 0 radical (unpaired) electrons. The molecule has 0 saturated heterocycles. The number of ether oxygens (including phenoxy) is 1. The Kier molecular flexibility index (Phi) is 7.63. The molecule has 7 rings (SSSR count). The van der Waals surface area contributed by atoms with Crippen LogP contribution >= 0.6 is 0 Å². The second-order valence-electron chi connectivity index (χ2n) is 12.0. The Hall–Kier alpha value is -5.34. The molecule has 0 aliphatic carbocycles. The summed E-state index contributed by atoms with van der Waals surface area (Å²) >= 11 is 0. The number of carbonyl (C=O) groups excluding carboxylic acids is 1. The second-order valence-corrected chi connectivity index (χ2v) is 13.8. The van der Waals surface area contributed by atoms with Crippen molar-refractivity contribution in [1.82, 2.24) is 23.2 Å². The third kappa shape index (κ3) is 5.13. The van der Waals surface area contributed by atoms with E-state index in [1.165, 1.54) is 49.7 Å². The molecule has 1 aliphatic rings. The van der Waals surface area contributed by atoms with Crippen molar-refractivity contribution >= 4 is 60.8 Å². The van der Waals surface area contributed by atoms with E-state index in [0.717, 1.165) is 32.3 Å². The summed E-state index contributed by atoms with van der Waals surface area (Å²) in [6, 6.07) is 15.7. The summed E-state index contributed by atoms with van der Waals surface area (Å²) in [5.41, 5.74) is 2.28. The van der Waals surface area contributed by atoms with Crippen molar-refractivity contribution in [3.05, 3.63) is 94.2 Å². The van der Waals surface area contributed by atoms with Crippen molar-refractivity contribution in [2.45, 2.75) is 24.7 Å². The molecular formula is C34H32FN7O5S. The van der Waals surface area contributed by atoms with Crippen molar-refractivity contribution in [2.75, 3.05) is 44.5 Å². The highest BCUT2D eigenvalue weighted by Gasteiger charge is 2.27. The summed E-state index contributed by atoms with van der Waals surface area (Å²) < 4.78 is 50.8. The van der Waals surface area contributed by atoms with Crippen molar-refractivity contribution < 1.29 is 22.3 Å². The molecule has 12 nitrogen and oxygen atoms in total. The first-order chi connectivity index (χ1) is 23.0. The number of amides is 1. The molecule has 3 aromatic heterocycles. The van der Waals surface area contributed by atoms with Gasteiger partial charge in [-0.2, -0.15) is 4.98 Å². The molecule has 6 aromatic rings. The minimum atomic E-state index is -4.13. The van der Waals surface area contributed by atoms with Crippen LogP contribution in [0.15, 0.2) is 76.6 Å².